The van der Waals surface area contributed by atoms with Crippen molar-refractivity contribution in [2.45, 2.75) is 19.3 Å². The number of nitrogens with one attached hydrogen (secondary N) is 1. The molecule has 1 aromatic rings. The Labute approximate surface area is 142 Å². The summed E-state index contributed by atoms with van der Waals surface area (Å²) in [6, 6.07) is 9.99. The van der Waals surface area contributed by atoms with E-state index in [1.807, 2.05) is 30.3 Å². The fraction of sp³-hybridized carbons (Fsp3) is 0.500. The van der Waals surface area contributed by atoms with Crippen molar-refractivity contribution in [2.24, 2.45) is 11.0 Å². The van der Waals surface area contributed by atoms with Crippen LogP contribution in [0.5, 0.6) is 0 Å². The van der Waals surface area contributed by atoms with Gasteiger partial charge in [-0.1, -0.05) is 30.3 Å². The minimum atomic E-state index is -0.128. The Morgan fingerprint density at radius 2 is 1.96 bits per heavy atom. The highest BCUT2D eigenvalue weighted by atomic mass is 16.5. The van der Waals surface area contributed by atoms with Crippen LogP contribution in [0, 0.1) is 5.92 Å². The van der Waals surface area contributed by atoms with E-state index in [4.69, 9.17) is 4.74 Å². The Balaban J connectivity index is 1.52. The van der Waals surface area contributed by atoms with E-state index in [2.05, 4.69) is 5.10 Å². The molecule has 1 saturated heterocycles. The van der Waals surface area contributed by atoms with Crippen LogP contribution in [0.15, 0.2) is 35.4 Å². The maximum atomic E-state index is 12.5. The minimum Gasteiger partial charge on any atom is -0.469 e. The number of hydrogen-bond acceptors (Lipinski definition) is 4. The molecule has 24 heavy (non-hydrogen) atoms. The topological polar surface area (TPSA) is 63.4 Å². The third kappa shape index (κ3) is 3.82. The van der Waals surface area contributed by atoms with Gasteiger partial charge >= 0.3 is 5.97 Å². The van der Waals surface area contributed by atoms with Crippen molar-refractivity contribution in [1.82, 2.24) is 5.01 Å². The molecule has 1 amide bonds. The summed E-state index contributed by atoms with van der Waals surface area (Å²) in [4.78, 5) is 25.2. The number of methoxy groups -OCH3 is 1. The lowest BCUT2D eigenvalue weighted by molar-refractivity contribution is -0.898. The number of piperidine rings is 1. The van der Waals surface area contributed by atoms with Crippen LogP contribution in [0.3, 0.4) is 0 Å². The molecule has 0 spiro atoms. The molecule has 6 heteroatoms. The average molecular weight is 330 g/mol. The predicted molar refractivity (Wildman–Crippen MR) is 89.6 cm³/mol. The second-order valence-electron chi connectivity index (χ2n) is 6.40. The second-order valence-corrected chi connectivity index (χ2v) is 6.40. The first kappa shape index (κ1) is 16.6. The molecule has 128 valence electrons. The Morgan fingerprint density at radius 3 is 2.62 bits per heavy atom. The number of esters is 1. The van der Waals surface area contributed by atoms with Crippen molar-refractivity contribution in [3.8, 4) is 0 Å². The van der Waals surface area contributed by atoms with Gasteiger partial charge in [-0.05, 0) is 5.56 Å². The standard InChI is InChI=1S/C18H23N3O3/c1-24-18(23)15-7-10-20(11-8-15)13-17(22)21-12-9-16(19-21)14-5-3-2-4-6-14/h2-6,15H,7-13H2,1H3/p+1. The molecular weight excluding hydrogens is 306 g/mol. The summed E-state index contributed by atoms with van der Waals surface area (Å²) in [7, 11) is 1.43. The van der Waals surface area contributed by atoms with Crippen LogP contribution in [-0.4, -0.2) is 55.9 Å². The smallest absolute Gasteiger partial charge is 0.309 e. The largest absolute Gasteiger partial charge is 0.469 e. The van der Waals surface area contributed by atoms with E-state index < -0.39 is 0 Å². The number of hydrazone groups is 1. The number of rotatable bonds is 4. The van der Waals surface area contributed by atoms with Gasteiger partial charge in [0.05, 0.1) is 38.4 Å². The van der Waals surface area contributed by atoms with Crippen LogP contribution in [0.1, 0.15) is 24.8 Å². The molecule has 0 radical (unpaired) electrons. The Hall–Kier alpha value is -2.21. The highest BCUT2D eigenvalue weighted by Crippen LogP contribution is 2.14. The fourth-order valence-electron chi connectivity index (χ4n) is 3.38. The number of carbonyl (C=O) groups excluding carboxylic acids is 2. The monoisotopic (exact) mass is 330 g/mol. The summed E-state index contributed by atoms with van der Waals surface area (Å²) in [5.41, 5.74) is 2.06. The number of ether oxygens (including phenoxy) is 1. The lowest BCUT2D eigenvalue weighted by atomic mass is 9.97. The van der Waals surface area contributed by atoms with Gasteiger partial charge in [0.1, 0.15) is 0 Å². The zero-order valence-electron chi connectivity index (χ0n) is 14.0. The van der Waals surface area contributed by atoms with Gasteiger partial charge in [-0.2, -0.15) is 5.10 Å². The van der Waals surface area contributed by atoms with Crippen LogP contribution in [-0.2, 0) is 14.3 Å². The Bertz CT molecular complexity index is 622. The van der Waals surface area contributed by atoms with E-state index in [-0.39, 0.29) is 17.8 Å². The maximum Gasteiger partial charge on any atom is 0.309 e. The van der Waals surface area contributed by atoms with Crippen molar-refractivity contribution >= 4 is 17.6 Å². The van der Waals surface area contributed by atoms with Crippen molar-refractivity contribution in [1.29, 1.82) is 0 Å². The van der Waals surface area contributed by atoms with Gasteiger partial charge in [-0.25, -0.2) is 5.01 Å². The molecule has 1 aromatic carbocycles. The van der Waals surface area contributed by atoms with Crippen LogP contribution in [0.4, 0.5) is 0 Å². The molecular formula is C18H24N3O3+. The maximum absolute atomic E-state index is 12.5. The molecule has 1 fully saturated rings. The van der Waals surface area contributed by atoms with Crippen molar-refractivity contribution in [3.05, 3.63) is 35.9 Å². The van der Waals surface area contributed by atoms with E-state index in [1.54, 1.807) is 5.01 Å². The predicted octanol–water partition coefficient (Wildman–Crippen LogP) is 0.0909. The summed E-state index contributed by atoms with van der Waals surface area (Å²) >= 11 is 0. The lowest BCUT2D eigenvalue weighted by Gasteiger charge is -2.28. The number of hydrogen-bond donors (Lipinski definition) is 1. The summed E-state index contributed by atoms with van der Waals surface area (Å²) < 4.78 is 4.80. The van der Waals surface area contributed by atoms with Gasteiger partial charge in [0.25, 0.3) is 5.91 Å². The summed E-state index contributed by atoms with van der Waals surface area (Å²) in [6.45, 7) is 2.75. The van der Waals surface area contributed by atoms with E-state index in [0.29, 0.717) is 13.1 Å². The summed E-state index contributed by atoms with van der Waals surface area (Å²) in [5.74, 6) is -0.0761. The van der Waals surface area contributed by atoms with Crippen LogP contribution >= 0.6 is 0 Å². The van der Waals surface area contributed by atoms with Crippen LogP contribution in [0.2, 0.25) is 0 Å². The lowest BCUT2D eigenvalue weighted by Crippen LogP contribution is -3.14. The Kier molecular flexibility index (Phi) is 5.25. The van der Waals surface area contributed by atoms with Gasteiger partial charge in [0.15, 0.2) is 6.54 Å². The fourth-order valence-corrected chi connectivity index (χ4v) is 3.38. The third-order valence-corrected chi connectivity index (χ3v) is 4.83. The first-order chi connectivity index (χ1) is 11.7. The van der Waals surface area contributed by atoms with E-state index >= 15 is 0 Å². The highest BCUT2D eigenvalue weighted by Gasteiger charge is 2.31. The molecule has 0 aliphatic carbocycles. The number of amides is 1. The van der Waals surface area contributed by atoms with Gasteiger partial charge in [-0.15, -0.1) is 0 Å². The summed E-state index contributed by atoms with van der Waals surface area (Å²) in [5, 5.41) is 6.09. The van der Waals surface area contributed by atoms with Gasteiger partial charge < -0.3 is 9.64 Å². The molecule has 2 aliphatic heterocycles. The zero-order chi connectivity index (χ0) is 16.9. The van der Waals surface area contributed by atoms with Gasteiger partial charge in [-0.3, -0.25) is 9.59 Å². The second kappa shape index (κ2) is 7.57. The molecule has 0 bridgehead atoms. The summed E-state index contributed by atoms with van der Waals surface area (Å²) in [6.07, 6.45) is 2.37. The van der Waals surface area contributed by atoms with E-state index in [1.165, 1.54) is 12.0 Å². The molecule has 0 atom stereocenters. The molecule has 0 saturated carbocycles. The molecule has 3 rings (SSSR count). The van der Waals surface area contributed by atoms with Gasteiger partial charge in [0.2, 0.25) is 0 Å². The first-order valence-electron chi connectivity index (χ1n) is 8.52. The quantitative estimate of drug-likeness (QED) is 0.796. The number of quaternary nitrogens is 1. The first-order valence-corrected chi connectivity index (χ1v) is 8.52. The molecule has 6 nitrogen and oxygen atoms in total. The van der Waals surface area contributed by atoms with Crippen molar-refractivity contribution in [3.63, 3.8) is 0 Å². The number of benzene rings is 1. The minimum absolute atomic E-state index is 0.0108. The Morgan fingerprint density at radius 1 is 1.25 bits per heavy atom. The van der Waals surface area contributed by atoms with Crippen molar-refractivity contribution in [2.75, 3.05) is 33.3 Å². The number of nitrogens with zero attached hydrogens (tertiary/aromatic N) is 2. The zero-order valence-corrected chi connectivity index (χ0v) is 14.0. The molecule has 0 aromatic heterocycles. The number of carbonyl (C=O) groups is 2. The van der Waals surface area contributed by atoms with Gasteiger partial charge in [0, 0.05) is 19.3 Å². The normalized spacial score (nSPS) is 23.7. The molecule has 2 heterocycles. The molecule has 2 aliphatic rings. The van der Waals surface area contributed by atoms with E-state index in [0.717, 1.165) is 43.6 Å². The average Bonchev–Trinajstić information content (AvgIpc) is 3.13. The number of likely N-dealkylation sites (tertiary alicyclic amines) is 1. The highest BCUT2D eigenvalue weighted by molar-refractivity contribution is 6.02. The van der Waals surface area contributed by atoms with E-state index in [9.17, 15) is 9.59 Å². The third-order valence-electron chi connectivity index (χ3n) is 4.83. The van der Waals surface area contributed by atoms with Crippen LogP contribution in [0.25, 0.3) is 0 Å². The van der Waals surface area contributed by atoms with Crippen LogP contribution < -0.4 is 4.90 Å². The molecule has 1 N–H and O–H groups in total. The molecule has 0 unspecified atom stereocenters. The van der Waals surface area contributed by atoms with Crippen molar-refractivity contribution < 1.29 is 19.2 Å². The SMILES string of the molecule is COC(=O)C1CC[NH+](CC(=O)N2CCC(c3ccccc3)=N2)CC1.